The van der Waals surface area contributed by atoms with E-state index in [4.69, 9.17) is 22.9 Å². The highest BCUT2D eigenvalue weighted by molar-refractivity contribution is 6.33. The molecule has 0 spiro atoms. The standard InChI is InChI=1S/C22H19ClN2O2/c1-5-27-22(26)21-19(20(24-3)14(2)25(21)4)16-12-10-15(11-13-16)17-8-6-7-9-18(17)23/h6-13H,5H2,1-2,4H3. The fraction of sp³-hybridized carbons (Fsp3) is 0.182. The minimum atomic E-state index is -0.428. The lowest BCUT2D eigenvalue weighted by molar-refractivity contribution is 0.0516. The van der Waals surface area contributed by atoms with Crippen LogP contribution in [0.5, 0.6) is 0 Å². The summed E-state index contributed by atoms with van der Waals surface area (Å²) >= 11 is 6.28. The van der Waals surface area contributed by atoms with Gasteiger partial charge in [-0.15, -0.1) is 0 Å². The molecule has 0 amide bonds. The predicted molar refractivity (Wildman–Crippen MR) is 108 cm³/mol. The molecule has 0 aliphatic rings. The van der Waals surface area contributed by atoms with Gasteiger partial charge in [0.15, 0.2) is 0 Å². The van der Waals surface area contributed by atoms with E-state index < -0.39 is 5.97 Å². The maximum atomic E-state index is 12.5. The SMILES string of the molecule is [C-]#[N+]c1c(-c2ccc(-c3ccccc3Cl)cc2)c(C(=O)OCC)n(C)c1C. The molecule has 0 unspecified atom stereocenters. The summed E-state index contributed by atoms with van der Waals surface area (Å²) < 4.78 is 6.94. The van der Waals surface area contributed by atoms with Crippen molar-refractivity contribution >= 4 is 23.3 Å². The number of rotatable bonds is 4. The second kappa shape index (κ2) is 7.69. The van der Waals surface area contributed by atoms with Gasteiger partial charge in [-0.05, 0) is 31.0 Å². The molecule has 0 aliphatic carbocycles. The maximum Gasteiger partial charge on any atom is 0.354 e. The third-order valence-corrected chi connectivity index (χ3v) is 4.92. The molecule has 5 heteroatoms. The highest BCUT2D eigenvalue weighted by atomic mass is 35.5. The zero-order valence-corrected chi connectivity index (χ0v) is 16.2. The Morgan fingerprint density at radius 1 is 1.15 bits per heavy atom. The minimum Gasteiger partial charge on any atom is -0.461 e. The quantitative estimate of drug-likeness (QED) is 0.409. The summed E-state index contributed by atoms with van der Waals surface area (Å²) in [7, 11) is 1.78. The smallest absolute Gasteiger partial charge is 0.354 e. The van der Waals surface area contributed by atoms with Crippen LogP contribution in [-0.4, -0.2) is 17.1 Å². The number of benzene rings is 2. The first-order valence-corrected chi connectivity index (χ1v) is 8.96. The number of carbonyl (C=O) groups is 1. The Labute approximate surface area is 163 Å². The van der Waals surface area contributed by atoms with Crippen LogP contribution in [0.4, 0.5) is 5.69 Å². The summed E-state index contributed by atoms with van der Waals surface area (Å²) in [4.78, 5) is 16.2. The molecule has 0 fully saturated rings. The molecule has 0 saturated carbocycles. The summed E-state index contributed by atoms with van der Waals surface area (Å²) in [5.74, 6) is -0.428. The van der Waals surface area contributed by atoms with Crippen molar-refractivity contribution in [2.24, 2.45) is 7.05 Å². The summed E-state index contributed by atoms with van der Waals surface area (Å²) in [6.45, 7) is 11.5. The van der Waals surface area contributed by atoms with Gasteiger partial charge in [0.05, 0.1) is 13.2 Å². The van der Waals surface area contributed by atoms with E-state index in [0.29, 0.717) is 22.0 Å². The largest absolute Gasteiger partial charge is 0.461 e. The first kappa shape index (κ1) is 18.8. The van der Waals surface area contributed by atoms with Crippen molar-refractivity contribution in [2.75, 3.05) is 6.61 Å². The van der Waals surface area contributed by atoms with Crippen molar-refractivity contribution < 1.29 is 9.53 Å². The Bertz CT molecular complexity index is 1040. The summed E-state index contributed by atoms with van der Waals surface area (Å²) in [6.07, 6.45) is 0. The van der Waals surface area contributed by atoms with E-state index in [2.05, 4.69) is 4.85 Å². The first-order chi connectivity index (χ1) is 13.0. The first-order valence-electron chi connectivity index (χ1n) is 8.58. The van der Waals surface area contributed by atoms with E-state index in [1.807, 2.05) is 55.5 Å². The second-order valence-electron chi connectivity index (χ2n) is 6.11. The number of hydrogen-bond donors (Lipinski definition) is 0. The fourth-order valence-electron chi connectivity index (χ4n) is 3.15. The van der Waals surface area contributed by atoms with E-state index >= 15 is 0 Å². The van der Waals surface area contributed by atoms with E-state index in [1.54, 1.807) is 18.5 Å². The Morgan fingerprint density at radius 2 is 1.78 bits per heavy atom. The maximum absolute atomic E-state index is 12.5. The van der Waals surface area contributed by atoms with Crippen LogP contribution in [0.15, 0.2) is 48.5 Å². The lowest BCUT2D eigenvalue weighted by Crippen LogP contribution is -2.11. The van der Waals surface area contributed by atoms with Gasteiger partial charge in [0.25, 0.3) is 0 Å². The van der Waals surface area contributed by atoms with Crippen LogP contribution in [0.25, 0.3) is 27.1 Å². The Kier molecular flexibility index (Phi) is 5.34. The van der Waals surface area contributed by atoms with Crippen molar-refractivity contribution in [1.82, 2.24) is 4.57 Å². The molecule has 0 atom stereocenters. The van der Waals surface area contributed by atoms with Crippen LogP contribution < -0.4 is 0 Å². The second-order valence-corrected chi connectivity index (χ2v) is 6.51. The monoisotopic (exact) mass is 378 g/mol. The molecule has 0 radical (unpaired) electrons. The van der Waals surface area contributed by atoms with Crippen LogP contribution in [-0.2, 0) is 11.8 Å². The highest BCUT2D eigenvalue weighted by Gasteiger charge is 2.25. The van der Waals surface area contributed by atoms with Crippen LogP contribution in [0, 0.1) is 13.5 Å². The van der Waals surface area contributed by atoms with E-state index in [0.717, 1.165) is 22.4 Å². The highest BCUT2D eigenvalue weighted by Crippen LogP contribution is 2.40. The summed E-state index contributed by atoms with van der Waals surface area (Å²) in [5, 5.41) is 0.676. The molecular weight excluding hydrogens is 360 g/mol. The van der Waals surface area contributed by atoms with Gasteiger partial charge in [-0.3, -0.25) is 0 Å². The van der Waals surface area contributed by atoms with Gasteiger partial charge in [-0.25, -0.2) is 9.64 Å². The Balaban J connectivity index is 2.14. The van der Waals surface area contributed by atoms with Crippen molar-refractivity contribution in [3.63, 3.8) is 0 Å². The molecule has 4 nitrogen and oxygen atoms in total. The van der Waals surface area contributed by atoms with Crippen LogP contribution in [0.1, 0.15) is 23.1 Å². The average molecular weight is 379 g/mol. The molecule has 2 aromatic carbocycles. The normalized spacial score (nSPS) is 10.5. The fourth-order valence-corrected chi connectivity index (χ4v) is 3.39. The molecule has 3 rings (SSSR count). The lowest BCUT2D eigenvalue weighted by Gasteiger charge is -2.10. The Hall–Kier alpha value is -3.03. The zero-order chi connectivity index (χ0) is 19.6. The molecule has 0 bridgehead atoms. The van der Waals surface area contributed by atoms with Crippen LogP contribution >= 0.6 is 11.6 Å². The van der Waals surface area contributed by atoms with Gasteiger partial charge in [-0.1, -0.05) is 54.1 Å². The topological polar surface area (TPSA) is 35.6 Å². The minimum absolute atomic E-state index is 0.279. The molecule has 0 N–H and O–H groups in total. The number of esters is 1. The van der Waals surface area contributed by atoms with Gasteiger partial charge in [0.1, 0.15) is 5.69 Å². The van der Waals surface area contributed by atoms with Crippen molar-refractivity contribution in [2.45, 2.75) is 13.8 Å². The van der Waals surface area contributed by atoms with Gasteiger partial charge in [0, 0.05) is 28.9 Å². The molecule has 27 heavy (non-hydrogen) atoms. The molecular formula is C22H19ClN2O2. The van der Waals surface area contributed by atoms with Crippen molar-refractivity contribution in [3.8, 4) is 22.3 Å². The third kappa shape index (κ3) is 3.34. The molecule has 0 saturated heterocycles. The van der Waals surface area contributed by atoms with Crippen LogP contribution in [0.3, 0.4) is 0 Å². The molecule has 3 aromatic rings. The number of ether oxygens (including phenoxy) is 1. The molecule has 1 heterocycles. The van der Waals surface area contributed by atoms with Gasteiger partial charge in [0.2, 0.25) is 5.69 Å². The van der Waals surface area contributed by atoms with Gasteiger partial charge < -0.3 is 9.30 Å². The van der Waals surface area contributed by atoms with Crippen LogP contribution in [0.2, 0.25) is 5.02 Å². The predicted octanol–water partition coefficient (Wildman–Crippen LogP) is 6.05. The third-order valence-electron chi connectivity index (χ3n) is 4.59. The van der Waals surface area contributed by atoms with E-state index in [1.165, 1.54) is 0 Å². The number of halogens is 1. The lowest BCUT2D eigenvalue weighted by atomic mass is 9.99. The summed E-state index contributed by atoms with van der Waals surface area (Å²) in [5.41, 5.74) is 4.90. The summed E-state index contributed by atoms with van der Waals surface area (Å²) in [6, 6.07) is 15.3. The zero-order valence-electron chi connectivity index (χ0n) is 15.4. The molecule has 0 aliphatic heterocycles. The van der Waals surface area contributed by atoms with Gasteiger partial charge >= 0.3 is 5.97 Å². The van der Waals surface area contributed by atoms with E-state index in [-0.39, 0.29) is 6.61 Å². The molecule has 136 valence electrons. The molecule has 1 aromatic heterocycles. The van der Waals surface area contributed by atoms with E-state index in [9.17, 15) is 4.79 Å². The van der Waals surface area contributed by atoms with Crippen molar-refractivity contribution in [1.29, 1.82) is 0 Å². The number of nitrogens with zero attached hydrogens (tertiary/aromatic N) is 2. The Morgan fingerprint density at radius 3 is 2.37 bits per heavy atom. The van der Waals surface area contributed by atoms with Gasteiger partial charge in [-0.2, -0.15) is 0 Å². The average Bonchev–Trinajstić information content (AvgIpc) is 2.93. The van der Waals surface area contributed by atoms with Crippen molar-refractivity contribution in [3.05, 3.63) is 76.4 Å². The number of hydrogen-bond acceptors (Lipinski definition) is 2. The number of carbonyl (C=O) groups excluding carboxylic acids is 1. The number of aromatic nitrogens is 1.